The number of benzene rings is 1. The van der Waals surface area contributed by atoms with Crippen LogP contribution in [0.15, 0.2) is 36.4 Å². The number of pyridine rings is 1. The number of amides is 1. The minimum Gasteiger partial charge on any atom is -0.477 e. The standard InChI is InChI=1S/C22H26F3N3O4S/c1-4-5-12-32-21-17(7-10-19(27-21)22(23,24)25)8-11-20(29)26-14-16-6-9-18(15(2)13-16)28-33(3,30)31/h6-11,13,28H,4-5,12,14H2,1-3H3,(H,26,29). The summed E-state index contributed by atoms with van der Waals surface area (Å²) < 4.78 is 69.4. The Kier molecular flexibility index (Phi) is 8.86. The number of hydrogen-bond donors (Lipinski definition) is 2. The molecular formula is C22H26F3N3O4S. The molecule has 0 aliphatic heterocycles. The van der Waals surface area contributed by atoms with Gasteiger partial charge in [0, 0.05) is 18.2 Å². The molecule has 1 aromatic carbocycles. The zero-order valence-corrected chi connectivity index (χ0v) is 19.3. The summed E-state index contributed by atoms with van der Waals surface area (Å²) in [4.78, 5) is 15.7. The zero-order chi connectivity index (χ0) is 24.6. The lowest BCUT2D eigenvalue weighted by atomic mass is 10.1. The highest BCUT2D eigenvalue weighted by Crippen LogP contribution is 2.30. The van der Waals surface area contributed by atoms with E-state index in [1.54, 1.807) is 25.1 Å². The highest BCUT2D eigenvalue weighted by Gasteiger charge is 2.33. The van der Waals surface area contributed by atoms with Crippen molar-refractivity contribution in [3.8, 4) is 5.88 Å². The Morgan fingerprint density at radius 2 is 1.94 bits per heavy atom. The van der Waals surface area contributed by atoms with E-state index in [4.69, 9.17) is 4.74 Å². The highest BCUT2D eigenvalue weighted by molar-refractivity contribution is 7.92. The summed E-state index contributed by atoms with van der Waals surface area (Å²) in [6.07, 6.45) is 0.431. The van der Waals surface area contributed by atoms with Crippen molar-refractivity contribution in [3.63, 3.8) is 0 Å². The Hall–Kier alpha value is -3.08. The number of nitrogens with one attached hydrogen (secondary N) is 2. The smallest absolute Gasteiger partial charge is 0.433 e. The first kappa shape index (κ1) is 26.2. The van der Waals surface area contributed by atoms with Crippen molar-refractivity contribution < 1.29 is 31.1 Å². The summed E-state index contributed by atoms with van der Waals surface area (Å²) in [6.45, 7) is 4.04. The third-order valence-corrected chi connectivity index (χ3v) is 4.97. The number of alkyl halides is 3. The van der Waals surface area contributed by atoms with Crippen LogP contribution >= 0.6 is 0 Å². The number of ether oxygens (including phenoxy) is 1. The molecule has 0 atom stereocenters. The number of halogens is 3. The molecule has 2 aromatic rings. The van der Waals surface area contributed by atoms with Gasteiger partial charge in [-0.25, -0.2) is 13.4 Å². The molecular weight excluding hydrogens is 459 g/mol. The number of anilines is 1. The third-order valence-electron chi connectivity index (χ3n) is 4.38. The van der Waals surface area contributed by atoms with E-state index < -0.39 is 27.8 Å². The first-order chi connectivity index (χ1) is 15.4. The van der Waals surface area contributed by atoms with Gasteiger partial charge in [-0.3, -0.25) is 9.52 Å². The molecule has 0 radical (unpaired) electrons. The van der Waals surface area contributed by atoms with Crippen LogP contribution in [0.2, 0.25) is 0 Å². The average Bonchev–Trinajstić information content (AvgIpc) is 2.71. The lowest BCUT2D eigenvalue weighted by Gasteiger charge is -2.12. The molecule has 1 heterocycles. The quantitative estimate of drug-likeness (QED) is 0.387. The first-order valence-electron chi connectivity index (χ1n) is 10.1. The van der Waals surface area contributed by atoms with Crippen molar-refractivity contribution in [2.45, 2.75) is 39.4 Å². The number of hydrogen-bond acceptors (Lipinski definition) is 5. The average molecular weight is 486 g/mol. The molecule has 0 fully saturated rings. The van der Waals surface area contributed by atoms with Crippen LogP contribution in [0, 0.1) is 6.92 Å². The van der Waals surface area contributed by atoms with Crippen LogP contribution in [0.3, 0.4) is 0 Å². The van der Waals surface area contributed by atoms with Crippen LogP contribution in [0.1, 0.15) is 42.1 Å². The van der Waals surface area contributed by atoms with Gasteiger partial charge in [0.2, 0.25) is 21.8 Å². The Labute approximate surface area is 191 Å². The van der Waals surface area contributed by atoms with Crippen molar-refractivity contribution in [2.24, 2.45) is 0 Å². The van der Waals surface area contributed by atoms with Gasteiger partial charge in [0.05, 0.1) is 18.6 Å². The molecule has 0 spiro atoms. The number of rotatable bonds is 10. The molecule has 180 valence electrons. The maximum atomic E-state index is 13.0. The Balaban J connectivity index is 2.06. The highest BCUT2D eigenvalue weighted by atomic mass is 32.2. The second-order valence-corrected chi connectivity index (χ2v) is 9.11. The molecule has 1 amide bonds. The van der Waals surface area contributed by atoms with Gasteiger partial charge in [-0.1, -0.05) is 25.5 Å². The van der Waals surface area contributed by atoms with Gasteiger partial charge in [-0.2, -0.15) is 13.2 Å². The molecule has 0 aliphatic carbocycles. The van der Waals surface area contributed by atoms with Crippen molar-refractivity contribution in [3.05, 3.63) is 58.8 Å². The molecule has 7 nitrogen and oxygen atoms in total. The van der Waals surface area contributed by atoms with E-state index in [1.807, 2.05) is 6.92 Å². The monoisotopic (exact) mass is 485 g/mol. The number of carbonyl (C=O) groups excluding carboxylic acids is 1. The summed E-state index contributed by atoms with van der Waals surface area (Å²) in [5.74, 6) is -0.655. The van der Waals surface area contributed by atoms with E-state index in [2.05, 4.69) is 15.0 Å². The number of aromatic nitrogens is 1. The molecule has 2 N–H and O–H groups in total. The number of nitrogens with zero attached hydrogens (tertiary/aromatic N) is 1. The Morgan fingerprint density at radius 3 is 2.55 bits per heavy atom. The van der Waals surface area contributed by atoms with Gasteiger partial charge in [0.1, 0.15) is 5.69 Å². The normalized spacial score (nSPS) is 12.1. The second kappa shape index (κ2) is 11.2. The summed E-state index contributed by atoms with van der Waals surface area (Å²) in [5, 5.41) is 2.67. The van der Waals surface area contributed by atoms with Crippen molar-refractivity contribution in [1.29, 1.82) is 0 Å². The number of sulfonamides is 1. The maximum Gasteiger partial charge on any atom is 0.433 e. The fourth-order valence-electron chi connectivity index (χ4n) is 2.73. The predicted molar refractivity (Wildman–Crippen MR) is 120 cm³/mol. The largest absolute Gasteiger partial charge is 0.477 e. The van der Waals surface area contributed by atoms with Crippen LogP contribution in [0.5, 0.6) is 5.88 Å². The van der Waals surface area contributed by atoms with Crippen molar-refractivity contribution in [2.75, 3.05) is 17.6 Å². The Morgan fingerprint density at radius 1 is 1.21 bits per heavy atom. The first-order valence-corrected chi connectivity index (χ1v) is 12.0. The summed E-state index contributed by atoms with van der Waals surface area (Å²) >= 11 is 0. The van der Waals surface area contributed by atoms with Crippen LogP contribution in [-0.4, -0.2) is 32.2 Å². The fourth-order valence-corrected chi connectivity index (χ4v) is 3.36. The van der Waals surface area contributed by atoms with Crippen LogP contribution in [-0.2, 0) is 27.5 Å². The lowest BCUT2D eigenvalue weighted by Crippen LogP contribution is -2.20. The SMILES string of the molecule is CCCCOc1nc(C(F)(F)F)ccc1C=CC(=O)NCc1ccc(NS(C)(=O)=O)c(C)c1. The van der Waals surface area contributed by atoms with Gasteiger partial charge in [0.15, 0.2) is 0 Å². The van der Waals surface area contributed by atoms with Gasteiger partial charge >= 0.3 is 6.18 Å². The number of unbranched alkanes of at least 4 members (excludes halogenated alkanes) is 1. The van der Waals surface area contributed by atoms with Crippen LogP contribution in [0.4, 0.5) is 18.9 Å². The molecule has 1 aromatic heterocycles. The molecule has 0 bridgehead atoms. The summed E-state index contributed by atoms with van der Waals surface area (Å²) in [5.41, 5.74) is 1.06. The molecule has 0 aliphatic rings. The van der Waals surface area contributed by atoms with Crippen LogP contribution < -0.4 is 14.8 Å². The topological polar surface area (TPSA) is 97.4 Å². The van der Waals surface area contributed by atoms with Gasteiger partial charge in [0.25, 0.3) is 0 Å². The number of carbonyl (C=O) groups is 1. The third kappa shape index (κ3) is 8.76. The van der Waals surface area contributed by atoms with E-state index in [-0.39, 0.29) is 24.6 Å². The van der Waals surface area contributed by atoms with Crippen molar-refractivity contribution in [1.82, 2.24) is 10.3 Å². The number of aryl methyl sites for hydroxylation is 1. The second-order valence-electron chi connectivity index (χ2n) is 7.37. The zero-order valence-electron chi connectivity index (χ0n) is 18.5. The molecule has 11 heteroatoms. The van der Waals surface area contributed by atoms with Gasteiger partial charge < -0.3 is 10.1 Å². The van der Waals surface area contributed by atoms with E-state index in [0.29, 0.717) is 17.7 Å². The van der Waals surface area contributed by atoms with E-state index in [1.165, 1.54) is 18.2 Å². The fraction of sp³-hybridized carbons (Fsp3) is 0.364. The minimum atomic E-state index is -4.60. The van der Waals surface area contributed by atoms with E-state index in [9.17, 15) is 26.4 Å². The van der Waals surface area contributed by atoms with Crippen molar-refractivity contribution >= 4 is 27.7 Å². The molecule has 2 rings (SSSR count). The van der Waals surface area contributed by atoms with E-state index >= 15 is 0 Å². The maximum absolute atomic E-state index is 13.0. The van der Waals surface area contributed by atoms with Crippen LogP contribution in [0.25, 0.3) is 6.08 Å². The summed E-state index contributed by atoms with van der Waals surface area (Å²) in [6, 6.07) is 7.04. The van der Waals surface area contributed by atoms with Gasteiger partial charge in [-0.05, 0) is 48.7 Å². The molecule has 0 unspecified atom stereocenters. The molecule has 33 heavy (non-hydrogen) atoms. The summed E-state index contributed by atoms with van der Waals surface area (Å²) in [7, 11) is -3.40. The molecule has 0 saturated carbocycles. The minimum absolute atomic E-state index is 0.175. The van der Waals surface area contributed by atoms with E-state index in [0.717, 1.165) is 24.3 Å². The lowest BCUT2D eigenvalue weighted by molar-refractivity contribution is -0.141. The van der Waals surface area contributed by atoms with Gasteiger partial charge in [-0.15, -0.1) is 0 Å². The molecule has 0 saturated heterocycles. The predicted octanol–water partition coefficient (Wildman–Crippen LogP) is 4.29. The Bertz CT molecular complexity index is 1120.